The van der Waals surface area contributed by atoms with Gasteiger partial charge in [0.05, 0.1) is 5.02 Å². The van der Waals surface area contributed by atoms with Crippen LogP contribution in [0.1, 0.15) is 46.1 Å². The molecule has 0 aromatic heterocycles. The minimum atomic E-state index is -0.628. The molecular weight excluding hydrogens is 392 g/mol. The van der Waals surface area contributed by atoms with Crippen molar-refractivity contribution in [3.05, 3.63) is 28.8 Å². The van der Waals surface area contributed by atoms with Gasteiger partial charge in [0.1, 0.15) is 11.4 Å². The number of nitrogens with zero attached hydrogens (tertiary/aromatic N) is 2. The maximum Gasteiger partial charge on any atom is 0.410 e. The van der Waals surface area contributed by atoms with E-state index >= 15 is 0 Å². The molecule has 6 nitrogen and oxygen atoms in total. The molecule has 2 atom stereocenters. The molecule has 2 unspecified atom stereocenters. The highest BCUT2D eigenvalue weighted by Crippen LogP contribution is 2.27. The number of benzene rings is 1. The molecule has 1 aromatic rings. The molecule has 0 radical (unpaired) electrons. The van der Waals surface area contributed by atoms with Crippen molar-refractivity contribution in [2.24, 2.45) is 5.92 Å². The highest BCUT2D eigenvalue weighted by Gasteiger charge is 2.30. The minimum Gasteiger partial charge on any atom is -0.479 e. The van der Waals surface area contributed by atoms with Crippen LogP contribution in [0.4, 0.5) is 4.79 Å². The van der Waals surface area contributed by atoms with Gasteiger partial charge in [-0.2, -0.15) is 0 Å². The number of likely N-dealkylation sites (tertiary alicyclic amines) is 1. The average Bonchev–Trinajstić information content (AvgIpc) is 2.62. The number of carbonyl (C=O) groups is 2. The van der Waals surface area contributed by atoms with Gasteiger partial charge in [0.25, 0.3) is 5.91 Å². The summed E-state index contributed by atoms with van der Waals surface area (Å²) >= 11 is 6.19. The number of piperidine rings is 1. The second-order valence-corrected chi connectivity index (χ2v) is 9.25. The topological polar surface area (TPSA) is 59.1 Å². The number of aryl methyl sites for hydroxylation is 1. The zero-order chi connectivity index (χ0) is 21.8. The molecule has 0 saturated carbocycles. The van der Waals surface area contributed by atoms with Gasteiger partial charge in [-0.3, -0.25) is 4.79 Å². The van der Waals surface area contributed by atoms with E-state index in [9.17, 15) is 9.59 Å². The fourth-order valence-electron chi connectivity index (χ4n) is 3.41. The fourth-order valence-corrected chi connectivity index (χ4v) is 3.58. The molecule has 7 heteroatoms. The van der Waals surface area contributed by atoms with E-state index in [0.29, 0.717) is 30.4 Å². The summed E-state index contributed by atoms with van der Waals surface area (Å²) in [5.41, 5.74) is 0.497. The maximum absolute atomic E-state index is 12.9. The van der Waals surface area contributed by atoms with Crippen molar-refractivity contribution in [3.8, 4) is 5.75 Å². The van der Waals surface area contributed by atoms with Crippen molar-refractivity contribution in [2.45, 2.75) is 59.2 Å². The summed E-state index contributed by atoms with van der Waals surface area (Å²) in [6.45, 7) is 11.1. The molecule has 0 N–H and O–H groups in total. The normalized spacial score (nSPS) is 18.2. The van der Waals surface area contributed by atoms with Crippen LogP contribution < -0.4 is 4.74 Å². The summed E-state index contributed by atoms with van der Waals surface area (Å²) < 4.78 is 11.3. The zero-order valence-corrected chi connectivity index (χ0v) is 19.1. The third-order valence-electron chi connectivity index (χ3n) is 4.81. The molecular formula is C22H33ClN2O4. The Kier molecular flexibility index (Phi) is 7.80. The number of hydrogen-bond acceptors (Lipinski definition) is 4. The van der Waals surface area contributed by atoms with E-state index in [4.69, 9.17) is 21.1 Å². The monoisotopic (exact) mass is 424 g/mol. The van der Waals surface area contributed by atoms with Crippen molar-refractivity contribution in [3.63, 3.8) is 0 Å². The smallest absolute Gasteiger partial charge is 0.410 e. The van der Waals surface area contributed by atoms with E-state index in [1.807, 2.05) is 44.7 Å². The van der Waals surface area contributed by atoms with Crippen LogP contribution in [0.3, 0.4) is 0 Å². The summed E-state index contributed by atoms with van der Waals surface area (Å²) in [6, 6.07) is 5.51. The minimum absolute atomic E-state index is 0.0628. The lowest BCUT2D eigenvalue weighted by molar-refractivity contribution is -0.139. The van der Waals surface area contributed by atoms with Crippen LogP contribution in [0.5, 0.6) is 5.75 Å². The van der Waals surface area contributed by atoms with Gasteiger partial charge in [0.15, 0.2) is 6.10 Å². The molecule has 29 heavy (non-hydrogen) atoms. The Morgan fingerprint density at radius 3 is 2.69 bits per heavy atom. The van der Waals surface area contributed by atoms with Crippen LogP contribution in [0.2, 0.25) is 5.02 Å². The van der Waals surface area contributed by atoms with Gasteiger partial charge in [-0.1, -0.05) is 17.7 Å². The Labute approximate surface area is 179 Å². The van der Waals surface area contributed by atoms with Crippen LogP contribution in [0.15, 0.2) is 18.2 Å². The highest BCUT2D eigenvalue weighted by atomic mass is 35.5. The molecule has 0 aliphatic carbocycles. The van der Waals surface area contributed by atoms with Gasteiger partial charge in [0.2, 0.25) is 0 Å². The summed E-state index contributed by atoms with van der Waals surface area (Å²) in [6.07, 6.45) is 0.898. The lowest BCUT2D eigenvalue weighted by atomic mass is 9.97. The highest BCUT2D eigenvalue weighted by molar-refractivity contribution is 6.32. The van der Waals surface area contributed by atoms with Crippen molar-refractivity contribution < 1.29 is 19.1 Å². The number of hydrogen-bond donors (Lipinski definition) is 0. The average molecular weight is 425 g/mol. The Hall–Kier alpha value is -1.95. The number of rotatable bonds is 5. The quantitative estimate of drug-likeness (QED) is 0.697. The second kappa shape index (κ2) is 9.70. The lowest BCUT2D eigenvalue weighted by Gasteiger charge is -2.36. The first-order chi connectivity index (χ1) is 13.5. The van der Waals surface area contributed by atoms with Crippen molar-refractivity contribution in [2.75, 3.05) is 26.7 Å². The number of carbonyl (C=O) groups excluding carboxylic acids is 2. The molecule has 162 valence electrons. The van der Waals surface area contributed by atoms with Gasteiger partial charge in [-0.05, 0) is 71.1 Å². The number of ether oxygens (including phenoxy) is 2. The van der Waals surface area contributed by atoms with Crippen LogP contribution >= 0.6 is 11.6 Å². The largest absolute Gasteiger partial charge is 0.479 e. The maximum atomic E-state index is 12.9. The van der Waals surface area contributed by atoms with Crippen LogP contribution in [-0.4, -0.2) is 60.2 Å². The van der Waals surface area contributed by atoms with Gasteiger partial charge in [-0.15, -0.1) is 0 Å². The van der Waals surface area contributed by atoms with E-state index in [1.165, 1.54) is 0 Å². The van der Waals surface area contributed by atoms with Crippen molar-refractivity contribution in [1.82, 2.24) is 9.80 Å². The van der Waals surface area contributed by atoms with Crippen molar-refractivity contribution >= 4 is 23.6 Å². The van der Waals surface area contributed by atoms with Gasteiger partial charge in [0, 0.05) is 26.7 Å². The molecule has 1 aliphatic rings. The van der Waals surface area contributed by atoms with E-state index in [1.54, 1.807) is 24.9 Å². The van der Waals surface area contributed by atoms with Gasteiger partial charge >= 0.3 is 6.09 Å². The molecule has 1 saturated heterocycles. The van der Waals surface area contributed by atoms with Gasteiger partial charge in [-0.25, -0.2) is 4.79 Å². The molecule has 1 aromatic carbocycles. The molecule has 2 rings (SSSR count). The Bertz CT molecular complexity index is 732. The Morgan fingerprint density at radius 1 is 1.34 bits per heavy atom. The van der Waals surface area contributed by atoms with E-state index < -0.39 is 11.7 Å². The van der Waals surface area contributed by atoms with Gasteiger partial charge < -0.3 is 19.3 Å². The first-order valence-electron chi connectivity index (χ1n) is 10.1. The van der Waals surface area contributed by atoms with Crippen LogP contribution in [0, 0.1) is 12.8 Å². The Morgan fingerprint density at radius 2 is 2.03 bits per heavy atom. The first kappa shape index (κ1) is 23.3. The van der Waals surface area contributed by atoms with E-state index in [2.05, 4.69) is 0 Å². The van der Waals surface area contributed by atoms with E-state index in [-0.39, 0.29) is 17.9 Å². The predicted octanol–water partition coefficient (Wildman–Crippen LogP) is 4.52. The molecule has 1 heterocycles. The molecule has 1 fully saturated rings. The van der Waals surface area contributed by atoms with Crippen LogP contribution in [-0.2, 0) is 9.53 Å². The summed E-state index contributed by atoms with van der Waals surface area (Å²) in [5.74, 6) is 0.665. The fraction of sp³-hybridized carbons (Fsp3) is 0.636. The summed E-state index contributed by atoms with van der Waals surface area (Å²) in [4.78, 5) is 28.5. The standard InChI is InChI=1S/C22H33ClN2O4/c1-15-9-10-18(23)19(12-15)28-16(2)20(26)25-11-7-8-17(14-25)13-24(6)21(27)29-22(3,4)5/h9-10,12,16-17H,7-8,11,13-14H2,1-6H3. The Balaban J connectivity index is 1.92. The SMILES string of the molecule is Cc1ccc(Cl)c(OC(C)C(=O)N2CCCC(CN(C)C(=O)OC(C)(C)C)C2)c1. The summed E-state index contributed by atoms with van der Waals surface area (Å²) in [7, 11) is 1.74. The first-order valence-corrected chi connectivity index (χ1v) is 10.5. The number of halogens is 1. The summed E-state index contributed by atoms with van der Waals surface area (Å²) in [5, 5.41) is 0.491. The second-order valence-electron chi connectivity index (χ2n) is 8.85. The third kappa shape index (κ3) is 7.11. The van der Waals surface area contributed by atoms with Crippen molar-refractivity contribution in [1.29, 1.82) is 0 Å². The zero-order valence-electron chi connectivity index (χ0n) is 18.3. The molecule has 0 spiro atoms. The number of amides is 2. The molecule has 0 bridgehead atoms. The third-order valence-corrected chi connectivity index (χ3v) is 5.12. The lowest BCUT2D eigenvalue weighted by Crippen LogP contribution is -2.48. The predicted molar refractivity (Wildman–Crippen MR) is 114 cm³/mol. The molecule has 1 aliphatic heterocycles. The molecule has 2 amide bonds. The van der Waals surface area contributed by atoms with Crippen LogP contribution in [0.25, 0.3) is 0 Å². The van der Waals surface area contributed by atoms with E-state index in [0.717, 1.165) is 18.4 Å².